The van der Waals surface area contributed by atoms with Gasteiger partial charge in [0.2, 0.25) is 0 Å². The van der Waals surface area contributed by atoms with Gasteiger partial charge in [-0.25, -0.2) is 0 Å². The van der Waals surface area contributed by atoms with Crippen LogP contribution in [0.25, 0.3) is 0 Å². The van der Waals surface area contributed by atoms with Gasteiger partial charge in [0.15, 0.2) is 0 Å². The smallest absolute Gasteiger partial charge is 0.307 e. The Kier molecular flexibility index (Phi) is 6.56. The number of esters is 1. The molecule has 0 saturated carbocycles. The number of aryl methyl sites for hydroxylation is 1. The summed E-state index contributed by atoms with van der Waals surface area (Å²) >= 11 is 0. The highest BCUT2D eigenvalue weighted by atomic mass is 16.5. The van der Waals surface area contributed by atoms with Gasteiger partial charge in [0.25, 0.3) is 0 Å². The van der Waals surface area contributed by atoms with Crippen LogP contribution in [0.4, 0.5) is 0 Å². The van der Waals surface area contributed by atoms with E-state index in [2.05, 4.69) is 10.3 Å². The molecule has 1 aromatic carbocycles. The monoisotopic (exact) mass is 314 g/mol. The fourth-order valence-corrected chi connectivity index (χ4v) is 1.96. The number of nitrogens with zero attached hydrogens (tertiary/aromatic N) is 1. The number of hydrogen-bond donors (Lipinski definition) is 1. The molecule has 5 heteroatoms. The van der Waals surface area contributed by atoms with Gasteiger partial charge >= 0.3 is 5.97 Å². The molecule has 1 N–H and O–H groups in total. The van der Waals surface area contributed by atoms with Crippen LogP contribution in [0, 0.1) is 6.92 Å². The van der Waals surface area contributed by atoms with Crippen LogP contribution in [-0.4, -0.2) is 24.1 Å². The highest BCUT2D eigenvalue weighted by Crippen LogP contribution is 2.20. The molecule has 0 unspecified atom stereocenters. The lowest BCUT2D eigenvalue weighted by atomic mass is 10.2. The molecule has 5 nitrogen and oxygen atoms in total. The quantitative estimate of drug-likeness (QED) is 0.599. The maximum absolute atomic E-state index is 11.2. The Hall–Kier alpha value is -2.40. The SMILES string of the molecule is CCOC(=O)CCNCc1ccc(Oc2ccc(C)cc2)cn1. The van der Waals surface area contributed by atoms with Crippen molar-refractivity contribution in [3.63, 3.8) is 0 Å². The zero-order valence-corrected chi connectivity index (χ0v) is 13.5. The summed E-state index contributed by atoms with van der Waals surface area (Å²) in [5.41, 5.74) is 2.09. The van der Waals surface area contributed by atoms with Gasteiger partial charge in [0.05, 0.1) is 24.9 Å². The van der Waals surface area contributed by atoms with Crippen molar-refractivity contribution in [2.75, 3.05) is 13.2 Å². The zero-order chi connectivity index (χ0) is 16.5. The Bertz CT molecular complexity index is 609. The van der Waals surface area contributed by atoms with Gasteiger partial charge in [-0.1, -0.05) is 17.7 Å². The van der Waals surface area contributed by atoms with Crippen molar-refractivity contribution in [1.82, 2.24) is 10.3 Å². The third-order valence-corrected chi connectivity index (χ3v) is 3.17. The Morgan fingerprint density at radius 1 is 1.13 bits per heavy atom. The number of carbonyl (C=O) groups excluding carboxylic acids is 1. The zero-order valence-electron chi connectivity index (χ0n) is 13.5. The van der Waals surface area contributed by atoms with Crippen LogP contribution >= 0.6 is 0 Å². The molecule has 23 heavy (non-hydrogen) atoms. The average molecular weight is 314 g/mol. The molecule has 0 radical (unpaired) electrons. The highest BCUT2D eigenvalue weighted by Gasteiger charge is 2.02. The van der Waals surface area contributed by atoms with E-state index < -0.39 is 0 Å². The van der Waals surface area contributed by atoms with Crippen LogP contribution in [0.1, 0.15) is 24.6 Å². The molecule has 0 fully saturated rings. The van der Waals surface area contributed by atoms with E-state index in [1.165, 1.54) is 5.56 Å². The van der Waals surface area contributed by atoms with Gasteiger partial charge < -0.3 is 14.8 Å². The molecule has 0 aliphatic carbocycles. The minimum Gasteiger partial charge on any atom is -0.466 e. The van der Waals surface area contributed by atoms with Gasteiger partial charge in [-0.15, -0.1) is 0 Å². The van der Waals surface area contributed by atoms with Crippen LogP contribution < -0.4 is 10.1 Å². The van der Waals surface area contributed by atoms with Gasteiger partial charge in [-0.05, 0) is 38.1 Å². The van der Waals surface area contributed by atoms with Crippen LogP contribution in [-0.2, 0) is 16.1 Å². The average Bonchev–Trinajstić information content (AvgIpc) is 2.55. The summed E-state index contributed by atoms with van der Waals surface area (Å²) in [5, 5.41) is 3.16. The second-order valence-corrected chi connectivity index (χ2v) is 5.13. The van der Waals surface area contributed by atoms with E-state index in [0.717, 1.165) is 11.4 Å². The summed E-state index contributed by atoms with van der Waals surface area (Å²) in [5.74, 6) is 1.30. The number of ether oxygens (including phenoxy) is 2. The Morgan fingerprint density at radius 2 is 1.87 bits per heavy atom. The maximum atomic E-state index is 11.2. The lowest BCUT2D eigenvalue weighted by Crippen LogP contribution is -2.19. The summed E-state index contributed by atoms with van der Waals surface area (Å²) < 4.78 is 10.6. The summed E-state index contributed by atoms with van der Waals surface area (Å²) in [6.07, 6.45) is 2.06. The van der Waals surface area contributed by atoms with E-state index in [-0.39, 0.29) is 5.97 Å². The van der Waals surface area contributed by atoms with Gasteiger partial charge in [-0.3, -0.25) is 9.78 Å². The second-order valence-electron chi connectivity index (χ2n) is 5.13. The number of carbonyl (C=O) groups is 1. The number of rotatable bonds is 8. The highest BCUT2D eigenvalue weighted by molar-refractivity contribution is 5.69. The summed E-state index contributed by atoms with van der Waals surface area (Å²) in [6, 6.07) is 11.7. The van der Waals surface area contributed by atoms with Crippen LogP contribution in [0.3, 0.4) is 0 Å². The molecule has 0 aliphatic heterocycles. The molecular weight excluding hydrogens is 292 g/mol. The first-order chi connectivity index (χ1) is 11.2. The van der Waals surface area contributed by atoms with Crippen LogP contribution in [0.15, 0.2) is 42.6 Å². The molecule has 2 rings (SSSR count). The van der Waals surface area contributed by atoms with E-state index in [1.807, 2.05) is 43.3 Å². The van der Waals surface area contributed by atoms with Crippen molar-refractivity contribution < 1.29 is 14.3 Å². The van der Waals surface area contributed by atoms with Crippen molar-refractivity contribution in [2.45, 2.75) is 26.8 Å². The summed E-state index contributed by atoms with van der Waals surface area (Å²) in [6.45, 7) is 5.43. The number of hydrogen-bond acceptors (Lipinski definition) is 5. The van der Waals surface area contributed by atoms with Crippen molar-refractivity contribution in [3.05, 3.63) is 53.9 Å². The standard InChI is InChI=1S/C18H22N2O3/c1-3-22-18(21)10-11-19-12-15-6-9-17(13-20-15)23-16-7-4-14(2)5-8-16/h4-9,13,19H,3,10-12H2,1-2H3. The predicted octanol–water partition coefficient (Wildman–Crippen LogP) is 3.23. The Balaban J connectivity index is 1.76. The fraction of sp³-hybridized carbons (Fsp3) is 0.333. The molecule has 0 spiro atoms. The first-order valence-electron chi connectivity index (χ1n) is 7.73. The second kappa shape index (κ2) is 8.90. The molecule has 0 saturated heterocycles. The topological polar surface area (TPSA) is 60.5 Å². The van der Waals surface area contributed by atoms with E-state index in [0.29, 0.717) is 31.9 Å². The van der Waals surface area contributed by atoms with E-state index in [1.54, 1.807) is 13.1 Å². The first kappa shape index (κ1) is 17.0. The number of benzene rings is 1. The lowest BCUT2D eigenvalue weighted by Gasteiger charge is -2.07. The van der Waals surface area contributed by atoms with Crippen LogP contribution in [0.5, 0.6) is 11.5 Å². The maximum Gasteiger partial charge on any atom is 0.307 e. The molecule has 0 atom stereocenters. The van der Waals surface area contributed by atoms with Crippen LogP contribution in [0.2, 0.25) is 0 Å². The third kappa shape index (κ3) is 6.08. The Morgan fingerprint density at radius 3 is 2.52 bits per heavy atom. The molecule has 122 valence electrons. The minimum absolute atomic E-state index is 0.185. The van der Waals surface area contributed by atoms with E-state index >= 15 is 0 Å². The molecule has 0 aliphatic rings. The molecule has 1 heterocycles. The molecule has 1 aromatic heterocycles. The number of nitrogens with one attached hydrogen (secondary N) is 1. The predicted molar refractivity (Wildman–Crippen MR) is 88.4 cm³/mol. The molecule has 0 amide bonds. The van der Waals surface area contributed by atoms with Crippen molar-refractivity contribution in [1.29, 1.82) is 0 Å². The minimum atomic E-state index is -0.185. The van der Waals surface area contributed by atoms with Gasteiger partial charge in [0.1, 0.15) is 11.5 Å². The summed E-state index contributed by atoms with van der Waals surface area (Å²) in [7, 11) is 0. The number of aromatic nitrogens is 1. The largest absolute Gasteiger partial charge is 0.466 e. The van der Waals surface area contributed by atoms with Crippen molar-refractivity contribution in [3.8, 4) is 11.5 Å². The van der Waals surface area contributed by atoms with Crippen molar-refractivity contribution >= 4 is 5.97 Å². The van der Waals surface area contributed by atoms with Gasteiger partial charge in [-0.2, -0.15) is 0 Å². The molecule has 0 bridgehead atoms. The van der Waals surface area contributed by atoms with Crippen molar-refractivity contribution in [2.24, 2.45) is 0 Å². The normalized spacial score (nSPS) is 10.3. The Labute approximate surface area is 136 Å². The summed E-state index contributed by atoms with van der Waals surface area (Å²) in [4.78, 5) is 15.5. The molecule has 2 aromatic rings. The first-order valence-corrected chi connectivity index (χ1v) is 7.73. The number of pyridine rings is 1. The van der Waals surface area contributed by atoms with E-state index in [9.17, 15) is 4.79 Å². The lowest BCUT2D eigenvalue weighted by molar-refractivity contribution is -0.142. The third-order valence-electron chi connectivity index (χ3n) is 3.17. The molecular formula is C18H22N2O3. The van der Waals surface area contributed by atoms with Gasteiger partial charge in [0, 0.05) is 13.1 Å². The van der Waals surface area contributed by atoms with E-state index in [4.69, 9.17) is 9.47 Å². The fourth-order valence-electron chi connectivity index (χ4n) is 1.96.